The van der Waals surface area contributed by atoms with Gasteiger partial charge in [-0.2, -0.15) is 0 Å². The largest absolute Gasteiger partial charge is 0.459 e. The molecule has 270 valence electrons. The number of ether oxygens (including phenoxy) is 1. The summed E-state index contributed by atoms with van der Waals surface area (Å²) in [6.45, 7) is 7.09. The SMILES string of the molecule is CC(C)C1OC(=O)/C=C/C=C/C=C/C=C/C=C/CC(O)C(C)C(O)CC(O)CC(O)CC(O)CCC(O)C(O)CC(O)CC(O)C1C. The molecule has 11 heteroatoms. The minimum atomic E-state index is -1.34. The number of esters is 1. The minimum absolute atomic E-state index is 0.0218. The molecule has 1 rings (SSSR count). The zero-order chi connectivity index (χ0) is 35.5. The Morgan fingerprint density at radius 1 is 0.553 bits per heavy atom. The number of rotatable bonds is 1. The normalized spacial score (nSPS) is 41.0. The van der Waals surface area contributed by atoms with Crippen molar-refractivity contribution in [1.82, 2.24) is 0 Å². The average molecular weight is 669 g/mol. The summed E-state index contributed by atoms with van der Waals surface area (Å²) in [6, 6.07) is 0. The van der Waals surface area contributed by atoms with Crippen LogP contribution in [0.4, 0.5) is 0 Å². The highest BCUT2D eigenvalue weighted by Gasteiger charge is 2.32. The number of aliphatic hydroxyl groups is 9. The summed E-state index contributed by atoms with van der Waals surface area (Å²) in [7, 11) is 0. The van der Waals surface area contributed by atoms with E-state index < -0.39 is 78.8 Å². The fourth-order valence-electron chi connectivity index (χ4n) is 5.54. The topological polar surface area (TPSA) is 208 Å². The number of carbonyl (C=O) groups excluding carboxylic acids is 1. The average Bonchev–Trinajstić information content (AvgIpc) is 2.99. The lowest BCUT2D eigenvalue weighted by atomic mass is 9.86. The summed E-state index contributed by atoms with van der Waals surface area (Å²) >= 11 is 0. The molecule has 0 bridgehead atoms. The van der Waals surface area contributed by atoms with Crippen LogP contribution in [0.2, 0.25) is 0 Å². The van der Waals surface area contributed by atoms with Gasteiger partial charge >= 0.3 is 5.97 Å². The van der Waals surface area contributed by atoms with E-state index in [0.29, 0.717) is 0 Å². The van der Waals surface area contributed by atoms with E-state index in [-0.39, 0.29) is 57.3 Å². The van der Waals surface area contributed by atoms with E-state index in [2.05, 4.69) is 0 Å². The van der Waals surface area contributed by atoms with Gasteiger partial charge in [0.05, 0.1) is 54.9 Å². The van der Waals surface area contributed by atoms with Crippen molar-refractivity contribution in [3.63, 3.8) is 0 Å². The molecule has 0 saturated carbocycles. The second-order valence-corrected chi connectivity index (χ2v) is 13.2. The molecule has 0 aromatic rings. The van der Waals surface area contributed by atoms with Crippen LogP contribution in [-0.2, 0) is 9.53 Å². The highest BCUT2D eigenvalue weighted by molar-refractivity contribution is 5.82. The highest BCUT2D eigenvalue weighted by atomic mass is 16.5. The van der Waals surface area contributed by atoms with Crippen molar-refractivity contribution < 1.29 is 55.5 Å². The minimum Gasteiger partial charge on any atom is -0.459 e. The Balaban J connectivity index is 2.99. The molecule has 0 aromatic carbocycles. The molecule has 0 spiro atoms. The second-order valence-electron chi connectivity index (χ2n) is 13.2. The summed E-state index contributed by atoms with van der Waals surface area (Å²) < 4.78 is 5.61. The van der Waals surface area contributed by atoms with Crippen LogP contribution in [-0.4, -0.2) is 113 Å². The van der Waals surface area contributed by atoms with Gasteiger partial charge in [-0.15, -0.1) is 0 Å². The van der Waals surface area contributed by atoms with Crippen molar-refractivity contribution in [1.29, 1.82) is 0 Å². The Bertz CT molecular complexity index is 1010. The number of hydrogen-bond donors (Lipinski definition) is 9. The van der Waals surface area contributed by atoms with Crippen molar-refractivity contribution in [2.45, 2.75) is 140 Å². The Labute approximate surface area is 279 Å². The summed E-state index contributed by atoms with van der Waals surface area (Å²) in [4.78, 5) is 12.4. The van der Waals surface area contributed by atoms with Crippen LogP contribution in [0.1, 0.15) is 79.1 Å². The first-order valence-corrected chi connectivity index (χ1v) is 16.8. The fraction of sp³-hybridized carbons (Fsp3) is 0.694. The third-order valence-electron chi connectivity index (χ3n) is 8.64. The van der Waals surface area contributed by atoms with E-state index in [1.165, 1.54) is 12.2 Å². The molecule has 1 heterocycles. The predicted octanol–water partition coefficient (Wildman–Crippen LogP) is 1.99. The molecule has 1 aliphatic heterocycles. The molecule has 0 fully saturated rings. The van der Waals surface area contributed by atoms with Crippen LogP contribution in [0, 0.1) is 17.8 Å². The molecule has 47 heavy (non-hydrogen) atoms. The van der Waals surface area contributed by atoms with Crippen molar-refractivity contribution in [3.05, 3.63) is 60.8 Å². The van der Waals surface area contributed by atoms with Crippen LogP contribution in [0.3, 0.4) is 0 Å². The molecule has 0 radical (unpaired) electrons. The van der Waals surface area contributed by atoms with Crippen molar-refractivity contribution in [2.24, 2.45) is 17.8 Å². The quantitative estimate of drug-likeness (QED) is 0.185. The first-order chi connectivity index (χ1) is 22.1. The van der Waals surface area contributed by atoms with Gasteiger partial charge in [0.2, 0.25) is 0 Å². The molecular formula is C36H60O11. The molecule has 0 saturated heterocycles. The molecule has 1 aliphatic rings. The maximum absolute atomic E-state index is 12.4. The van der Waals surface area contributed by atoms with E-state index in [1.54, 1.807) is 62.5 Å². The summed E-state index contributed by atoms with van der Waals surface area (Å²) in [5, 5.41) is 94.2. The first kappa shape index (κ1) is 42.8. The van der Waals surface area contributed by atoms with Gasteiger partial charge in [-0.3, -0.25) is 0 Å². The fourth-order valence-corrected chi connectivity index (χ4v) is 5.54. The molecule has 0 aliphatic carbocycles. The van der Waals surface area contributed by atoms with Crippen LogP contribution >= 0.6 is 0 Å². The van der Waals surface area contributed by atoms with Gasteiger partial charge in [0.15, 0.2) is 0 Å². The van der Waals surface area contributed by atoms with Gasteiger partial charge < -0.3 is 50.7 Å². The van der Waals surface area contributed by atoms with Crippen molar-refractivity contribution >= 4 is 5.97 Å². The summed E-state index contributed by atoms with van der Waals surface area (Å²) in [6.07, 6.45) is 5.94. The summed E-state index contributed by atoms with van der Waals surface area (Å²) in [5.41, 5.74) is 0. The number of aliphatic hydroxyl groups excluding tert-OH is 9. The van der Waals surface area contributed by atoms with Crippen LogP contribution < -0.4 is 0 Å². The third kappa shape index (κ3) is 18.2. The lowest BCUT2D eigenvalue weighted by Gasteiger charge is -2.31. The molecule has 12 unspecified atom stereocenters. The van der Waals surface area contributed by atoms with E-state index in [0.717, 1.165) is 0 Å². The van der Waals surface area contributed by atoms with E-state index in [1.807, 2.05) is 13.8 Å². The van der Waals surface area contributed by atoms with Crippen LogP contribution in [0.5, 0.6) is 0 Å². The molecule has 0 amide bonds. The smallest absolute Gasteiger partial charge is 0.331 e. The number of carbonyl (C=O) groups is 1. The Kier molecular flexibility index (Phi) is 21.2. The number of cyclic esters (lactones) is 1. The lowest BCUT2D eigenvalue weighted by Crippen LogP contribution is -2.39. The van der Waals surface area contributed by atoms with Crippen molar-refractivity contribution in [2.75, 3.05) is 0 Å². The van der Waals surface area contributed by atoms with Gasteiger partial charge in [-0.05, 0) is 50.9 Å². The second kappa shape index (κ2) is 23.2. The maximum atomic E-state index is 12.4. The van der Waals surface area contributed by atoms with Gasteiger partial charge in [-0.1, -0.05) is 82.4 Å². The Morgan fingerprint density at radius 2 is 1.02 bits per heavy atom. The van der Waals surface area contributed by atoms with E-state index >= 15 is 0 Å². The molecule has 0 aromatic heterocycles. The Morgan fingerprint density at radius 3 is 1.62 bits per heavy atom. The third-order valence-corrected chi connectivity index (χ3v) is 8.64. The standard InChI is InChI=1S/C36H60O11/c1-23(2)36-25(4)33(44)21-29(40)22-34(45)31(42)17-16-26(37)18-27(38)19-28(39)20-32(43)24(3)30(41)14-12-10-8-6-5-7-9-11-13-15-35(46)47-36/h5-13,15,23-34,36-45H,14,16-22H2,1-4H3/b7-5+,8-6+,11-9+,12-10+,15-13+. The Hall–Kier alpha value is -2.19. The van der Waals surface area contributed by atoms with Crippen molar-refractivity contribution in [3.8, 4) is 0 Å². The molecule has 12 atom stereocenters. The van der Waals surface area contributed by atoms with E-state index in [9.17, 15) is 50.8 Å². The molecular weight excluding hydrogens is 608 g/mol. The van der Waals surface area contributed by atoms with E-state index in [4.69, 9.17) is 4.74 Å². The zero-order valence-corrected chi connectivity index (χ0v) is 28.3. The molecule has 9 N–H and O–H groups in total. The monoisotopic (exact) mass is 668 g/mol. The number of allylic oxidation sites excluding steroid dienone is 8. The molecule has 11 nitrogen and oxygen atoms in total. The van der Waals surface area contributed by atoms with Gasteiger partial charge in [0, 0.05) is 24.3 Å². The predicted molar refractivity (Wildman–Crippen MR) is 180 cm³/mol. The highest BCUT2D eigenvalue weighted by Crippen LogP contribution is 2.25. The summed E-state index contributed by atoms with van der Waals surface area (Å²) in [5.74, 6) is -1.79. The first-order valence-electron chi connectivity index (χ1n) is 16.8. The van der Waals surface area contributed by atoms with Crippen LogP contribution in [0.25, 0.3) is 0 Å². The van der Waals surface area contributed by atoms with Gasteiger partial charge in [0.1, 0.15) is 6.10 Å². The maximum Gasteiger partial charge on any atom is 0.331 e. The zero-order valence-electron chi connectivity index (χ0n) is 28.3. The number of hydrogen-bond acceptors (Lipinski definition) is 11. The lowest BCUT2D eigenvalue weighted by molar-refractivity contribution is -0.151. The van der Waals surface area contributed by atoms with Gasteiger partial charge in [0.25, 0.3) is 0 Å². The van der Waals surface area contributed by atoms with Crippen LogP contribution in [0.15, 0.2) is 60.8 Å². The van der Waals surface area contributed by atoms with Gasteiger partial charge in [-0.25, -0.2) is 4.79 Å².